The third-order valence-corrected chi connectivity index (χ3v) is 5.78. The van der Waals surface area contributed by atoms with Crippen LogP contribution >= 0.6 is 0 Å². The molecule has 0 saturated carbocycles. The fourth-order valence-electron chi connectivity index (χ4n) is 2.61. The van der Waals surface area contributed by atoms with E-state index >= 15 is 0 Å². The molecule has 0 fully saturated rings. The summed E-state index contributed by atoms with van der Waals surface area (Å²) in [4.78, 5) is 26.8. The molecule has 0 bridgehead atoms. The summed E-state index contributed by atoms with van der Waals surface area (Å²) in [5.74, 6) is 0.244. The molecule has 2 aromatic carbocycles. The zero-order valence-electron chi connectivity index (χ0n) is 17.3. The first-order chi connectivity index (χ1) is 14.1. The molecule has 1 unspecified atom stereocenters. The Bertz CT molecular complexity index is 962. The highest BCUT2D eigenvalue weighted by Crippen LogP contribution is 2.19. The number of ether oxygens (including phenoxy) is 1. The van der Waals surface area contributed by atoms with E-state index in [-0.39, 0.29) is 6.42 Å². The van der Waals surface area contributed by atoms with Crippen molar-refractivity contribution in [1.82, 2.24) is 14.3 Å². The Balaban J connectivity index is 2.23. The Morgan fingerprint density at radius 3 is 2.13 bits per heavy atom. The maximum atomic E-state index is 13.1. The van der Waals surface area contributed by atoms with Gasteiger partial charge in [-0.15, -0.1) is 0 Å². The van der Waals surface area contributed by atoms with Crippen LogP contribution in [0.15, 0.2) is 54.6 Å². The van der Waals surface area contributed by atoms with E-state index in [2.05, 4.69) is 5.32 Å². The Hall–Kier alpha value is -3.11. The molecule has 0 radical (unpaired) electrons. The van der Waals surface area contributed by atoms with E-state index in [1.807, 2.05) is 35.1 Å². The predicted octanol–water partition coefficient (Wildman–Crippen LogP) is 1.37. The summed E-state index contributed by atoms with van der Waals surface area (Å²) in [7, 11) is 1.72. The van der Waals surface area contributed by atoms with Gasteiger partial charge in [0.1, 0.15) is 11.8 Å². The topological polar surface area (TPSA) is 108 Å². The molecule has 2 rings (SSSR count). The fraction of sp³-hybridized carbons (Fsp3) is 0.300. The molecule has 10 heteroatoms. The van der Waals surface area contributed by atoms with Crippen LogP contribution in [0.4, 0.5) is 10.5 Å². The third-order valence-electron chi connectivity index (χ3n) is 4.38. The molecule has 2 aromatic rings. The number of urea groups is 1. The summed E-state index contributed by atoms with van der Waals surface area (Å²) >= 11 is 0. The predicted molar refractivity (Wildman–Crippen MR) is 115 cm³/mol. The summed E-state index contributed by atoms with van der Waals surface area (Å²) in [5.41, 5.74) is 1.41. The monoisotopic (exact) mass is 434 g/mol. The van der Waals surface area contributed by atoms with Crippen LogP contribution in [0.1, 0.15) is 5.56 Å². The largest absolute Gasteiger partial charge is 0.497 e. The number of amides is 3. The summed E-state index contributed by atoms with van der Waals surface area (Å²) in [6.07, 6.45) is 0.190. The van der Waals surface area contributed by atoms with Crippen molar-refractivity contribution in [2.75, 3.05) is 33.2 Å². The molecule has 3 amide bonds. The molecule has 0 spiro atoms. The molecule has 0 aliphatic carbocycles. The first kappa shape index (κ1) is 23.2. The number of likely N-dealkylation sites (N-methyl/N-ethyl adjacent to an activating group) is 1. The van der Waals surface area contributed by atoms with Crippen molar-refractivity contribution in [2.24, 2.45) is 0 Å². The van der Waals surface area contributed by atoms with Crippen LogP contribution in [0.2, 0.25) is 0 Å². The first-order valence-corrected chi connectivity index (χ1v) is 10.5. The fourth-order valence-corrected chi connectivity index (χ4v) is 3.09. The Morgan fingerprint density at radius 1 is 1.00 bits per heavy atom. The highest BCUT2D eigenvalue weighted by atomic mass is 32.2. The van der Waals surface area contributed by atoms with Crippen molar-refractivity contribution < 1.29 is 22.7 Å². The summed E-state index contributed by atoms with van der Waals surface area (Å²) in [5, 5.41) is 2.48. The molecular formula is C20H26N4O5S. The van der Waals surface area contributed by atoms with Crippen LogP contribution in [0.5, 0.6) is 5.75 Å². The van der Waals surface area contributed by atoms with Crippen molar-refractivity contribution in [1.29, 1.82) is 0 Å². The van der Waals surface area contributed by atoms with E-state index in [9.17, 15) is 18.0 Å². The summed E-state index contributed by atoms with van der Waals surface area (Å²) < 4.78 is 31.7. The molecule has 9 nitrogen and oxygen atoms in total. The number of carbonyl (C=O) groups is 2. The van der Waals surface area contributed by atoms with E-state index in [0.29, 0.717) is 11.4 Å². The zero-order valence-corrected chi connectivity index (χ0v) is 18.1. The van der Waals surface area contributed by atoms with Gasteiger partial charge in [-0.3, -0.25) is 4.79 Å². The number of hydrogen-bond donors (Lipinski definition) is 2. The van der Waals surface area contributed by atoms with Crippen molar-refractivity contribution in [3.05, 3.63) is 60.2 Å². The molecule has 1 atom stereocenters. The lowest BCUT2D eigenvalue weighted by molar-refractivity contribution is -0.120. The second-order valence-electron chi connectivity index (χ2n) is 6.70. The van der Waals surface area contributed by atoms with Gasteiger partial charge in [0.15, 0.2) is 0 Å². The molecule has 0 heterocycles. The van der Waals surface area contributed by atoms with E-state index < -0.39 is 28.2 Å². The number of anilines is 1. The van der Waals surface area contributed by atoms with E-state index in [1.54, 1.807) is 38.4 Å². The maximum absolute atomic E-state index is 13.1. The number of carbonyl (C=O) groups excluding carboxylic acids is 2. The average molecular weight is 435 g/mol. The van der Waals surface area contributed by atoms with Crippen LogP contribution in [-0.4, -0.2) is 59.0 Å². The van der Waals surface area contributed by atoms with E-state index in [4.69, 9.17) is 4.74 Å². The van der Waals surface area contributed by atoms with Crippen LogP contribution in [0.25, 0.3) is 0 Å². The molecule has 30 heavy (non-hydrogen) atoms. The highest BCUT2D eigenvalue weighted by molar-refractivity contribution is 7.87. The molecule has 0 aliphatic rings. The summed E-state index contributed by atoms with van der Waals surface area (Å²) in [6, 6.07) is 14.0. The smallest absolute Gasteiger partial charge is 0.330 e. The van der Waals surface area contributed by atoms with E-state index in [0.717, 1.165) is 9.87 Å². The Labute approximate surface area is 176 Å². The van der Waals surface area contributed by atoms with Gasteiger partial charge < -0.3 is 15.0 Å². The van der Waals surface area contributed by atoms with Crippen LogP contribution < -0.4 is 19.7 Å². The van der Waals surface area contributed by atoms with Crippen molar-refractivity contribution in [2.45, 2.75) is 12.5 Å². The van der Waals surface area contributed by atoms with Gasteiger partial charge in [0.25, 0.3) is 0 Å². The van der Waals surface area contributed by atoms with Crippen LogP contribution in [-0.2, 0) is 21.4 Å². The SMILES string of the molecule is COc1ccc(N(C)C(=O)C(Cc2ccccc2)NC(=O)NS(=O)(=O)N(C)C)cc1. The first-order valence-electron chi connectivity index (χ1n) is 9.10. The number of benzene rings is 2. The van der Waals surface area contributed by atoms with Crippen molar-refractivity contribution >= 4 is 27.8 Å². The van der Waals surface area contributed by atoms with Crippen molar-refractivity contribution in [3.63, 3.8) is 0 Å². The van der Waals surface area contributed by atoms with Gasteiger partial charge in [0, 0.05) is 33.3 Å². The number of rotatable bonds is 8. The lowest BCUT2D eigenvalue weighted by Gasteiger charge is -2.25. The molecule has 0 saturated heterocycles. The number of nitrogens with one attached hydrogen (secondary N) is 2. The van der Waals surface area contributed by atoms with Crippen LogP contribution in [0, 0.1) is 0 Å². The average Bonchev–Trinajstić information content (AvgIpc) is 2.72. The molecular weight excluding hydrogens is 408 g/mol. The van der Waals surface area contributed by atoms with E-state index in [1.165, 1.54) is 19.0 Å². The minimum Gasteiger partial charge on any atom is -0.497 e. The molecule has 0 aromatic heterocycles. The quantitative estimate of drug-likeness (QED) is 0.653. The standard InChI is InChI=1S/C20H26N4O5S/c1-23(2)30(27,28)22-20(26)21-18(14-15-8-6-5-7-9-15)19(25)24(3)16-10-12-17(29-4)13-11-16/h5-13,18H,14H2,1-4H3,(H2,21,22,26). The van der Waals surface area contributed by atoms with Gasteiger partial charge in [0.05, 0.1) is 7.11 Å². The minimum atomic E-state index is -3.99. The van der Waals surface area contributed by atoms with Gasteiger partial charge in [-0.25, -0.2) is 9.52 Å². The number of nitrogens with zero attached hydrogens (tertiary/aromatic N) is 2. The van der Waals surface area contributed by atoms with Crippen molar-refractivity contribution in [3.8, 4) is 5.75 Å². The lowest BCUT2D eigenvalue weighted by atomic mass is 10.0. The second-order valence-corrected chi connectivity index (χ2v) is 8.59. The highest BCUT2D eigenvalue weighted by Gasteiger charge is 2.27. The van der Waals surface area contributed by atoms with Crippen LogP contribution in [0.3, 0.4) is 0 Å². The Morgan fingerprint density at radius 2 is 1.60 bits per heavy atom. The number of hydrogen-bond acceptors (Lipinski definition) is 5. The molecule has 2 N–H and O–H groups in total. The summed E-state index contributed by atoms with van der Waals surface area (Å²) in [6.45, 7) is 0. The molecule has 0 aliphatic heterocycles. The van der Waals surface area contributed by atoms with Gasteiger partial charge in [-0.05, 0) is 29.8 Å². The second kappa shape index (κ2) is 10.1. The number of methoxy groups -OCH3 is 1. The molecule has 162 valence electrons. The third kappa shape index (κ3) is 6.19. The van der Waals surface area contributed by atoms with Gasteiger partial charge >= 0.3 is 16.2 Å². The normalized spacial score (nSPS) is 12.2. The van der Waals surface area contributed by atoms with Gasteiger partial charge in [0.2, 0.25) is 5.91 Å². The Kier molecular flexibility index (Phi) is 7.79. The minimum absolute atomic E-state index is 0.190. The van der Waals surface area contributed by atoms with Gasteiger partial charge in [-0.2, -0.15) is 12.7 Å². The zero-order chi connectivity index (χ0) is 22.3. The maximum Gasteiger partial charge on any atom is 0.330 e. The lowest BCUT2D eigenvalue weighted by Crippen LogP contribution is -2.53. The van der Waals surface area contributed by atoms with Gasteiger partial charge in [-0.1, -0.05) is 30.3 Å².